The first-order chi connectivity index (χ1) is 10.1. The molecule has 0 bridgehead atoms. The molecule has 0 atom stereocenters. The van der Waals surface area contributed by atoms with Crippen molar-refractivity contribution in [2.75, 3.05) is 0 Å². The second-order valence-corrected chi connectivity index (χ2v) is 5.11. The Hall–Kier alpha value is -1.80. The van der Waals surface area contributed by atoms with Gasteiger partial charge in [0.2, 0.25) is 0 Å². The molecule has 118 valence electrons. The number of nitrogens with zero attached hydrogens (tertiary/aromatic N) is 1. The van der Waals surface area contributed by atoms with E-state index in [2.05, 4.69) is 0 Å². The predicted molar refractivity (Wildman–Crippen MR) is 71.8 cm³/mol. The van der Waals surface area contributed by atoms with Gasteiger partial charge in [-0.25, -0.2) is 9.18 Å². The first kappa shape index (κ1) is 16.6. The summed E-state index contributed by atoms with van der Waals surface area (Å²) in [6.45, 7) is -0.613. The third-order valence-corrected chi connectivity index (χ3v) is 3.22. The summed E-state index contributed by atoms with van der Waals surface area (Å²) in [5.74, 6) is -0.919. The van der Waals surface area contributed by atoms with Crippen molar-refractivity contribution in [2.45, 2.75) is 12.7 Å². The van der Waals surface area contributed by atoms with Crippen LogP contribution in [0.15, 0.2) is 27.8 Å². The molecular weight excluding hydrogens is 351 g/mol. The fourth-order valence-corrected chi connectivity index (χ4v) is 2.25. The monoisotopic (exact) mass is 356 g/mol. The minimum absolute atomic E-state index is 0.0535. The van der Waals surface area contributed by atoms with Crippen LogP contribution in [0.2, 0.25) is 10.0 Å². The Kier molecular flexibility index (Phi) is 4.35. The summed E-state index contributed by atoms with van der Waals surface area (Å²) in [6.07, 6.45) is -4.87. The summed E-state index contributed by atoms with van der Waals surface area (Å²) < 4.78 is 51.6. The van der Waals surface area contributed by atoms with Crippen LogP contribution in [-0.4, -0.2) is 9.55 Å². The molecule has 2 aromatic rings. The Morgan fingerprint density at radius 3 is 2.32 bits per heavy atom. The van der Waals surface area contributed by atoms with Gasteiger partial charge in [-0.15, -0.1) is 0 Å². The Morgan fingerprint density at radius 1 is 1.14 bits per heavy atom. The smallest absolute Gasteiger partial charge is 0.303 e. The van der Waals surface area contributed by atoms with Crippen molar-refractivity contribution in [3.8, 4) is 0 Å². The fourth-order valence-electron chi connectivity index (χ4n) is 1.72. The van der Waals surface area contributed by atoms with Gasteiger partial charge < -0.3 is 4.98 Å². The lowest BCUT2D eigenvalue weighted by Gasteiger charge is -2.10. The predicted octanol–water partition coefficient (Wildman–Crippen LogP) is 3.05. The van der Waals surface area contributed by atoms with E-state index >= 15 is 0 Å². The molecule has 0 unspecified atom stereocenters. The number of alkyl halides is 3. The number of rotatable bonds is 2. The zero-order valence-electron chi connectivity index (χ0n) is 10.5. The van der Waals surface area contributed by atoms with E-state index in [0.29, 0.717) is 4.57 Å². The van der Waals surface area contributed by atoms with E-state index < -0.39 is 35.5 Å². The van der Waals surface area contributed by atoms with Gasteiger partial charge in [-0.1, -0.05) is 23.2 Å². The molecule has 0 aliphatic heterocycles. The fraction of sp³-hybridized carbons (Fsp3) is 0.167. The average Bonchev–Trinajstić information content (AvgIpc) is 2.37. The van der Waals surface area contributed by atoms with Crippen molar-refractivity contribution in [3.05, 3.63) is 66.2 Å². The Labute approximate surface area is 129 Å². The van der Waals surface area contributed by atoms with Gasteiger partial charge in [-0.3, -0.25) is 9.36 Å². The molecule has 0 fully saturated rings. The van der Waals surface area contributed by atoms with Crippen LogP contribution in [0, 0.1) is 5.82 Å². The number of hydrogen-bond donors (Lipinski definition) is 1. The van der Waals surface area contributed by atoms with E-state index in [1.54, 1.807) is 0 Å². The number of benzene rings is 1. The lowest BCUT2D eigenvalue weighted by atomic mass is 10.2. The van der Waals surface area contributed by atoms with E-state index in [1.165, 1.54) is 4.98 Å². The molecule has 0 spiro atoms. The van der Waals surface area contributed by atoms with E-state index in [-0.39, 0.29) is 21.7 Å². The summed E-state index contributed by atoms with van der Waals surface area (Å²) in [4.78, 5) is 24.8. The lowest BCUT2D eigenvalue weighted by molar-refractivity contribution is -0.141. The molecule has 1 aromatic carbocycles. The summed E-state index contributed by atoms with van der Waals surface area (Å²) in [5, 5.41) is -0.281. The number of aromatic nitrogens is 2. The van der Waals surface area contributed by atoms with Gasteiger partial charge in [-0.2, -0.15) is 13.2 Å². The first-order valence-corrected chi connectivity index (χ1v) is 6.40. The number of halogens is 6. The number of hydrogen-bond acceptors (Lipinski definition) is 2. The second kappa shape index (κ2) is 5.77. The summed E-state index contributed by atoms with van der Waals surface area (Å²) in [7, 11) is 0. The van der Waals surface area contributed by atoms with Gasteiger partial charge in [0.25, 0.3) is 5.56 Å². The van der Waals surface area contributed by atoms with Crippen LogP contribution < -0.4 is 11.2 Å². The third kappa shape index (κ3) is 3.33. The molecule has 1 aromatic heterocycles. The normalized spacial score (nSPS) is 11.7. The highest BCUT2D eigenvalue weighted by atomic mass is 35.5. The first-order valence-electron chi connectivity index (χ1n) is 5.64. The van der Waals surface area contributed by atoms with Crippen LogP contribution in [0.1, 0.15) is 11.3 Å². The molecule has 22 heavy (non-hydrogen) atoms. The molecule has 0 saturated carbocycles. The Morgan fingerprint density at radius 2 is 1.77 bits per heavy atom. The lowest BCUT2D eigenvalue weighted by Crippen LogP contribution is -2.37. The van der Waals surface area contributed by atoms with Crippen molar-refractivity contribution in [3.63, 3.8) is 0 Å². The van der Waals surface area contributed by atoms with Gasteiger partial charge in [0, 0.05) is 16.7 Å². The van der Waals surface area contributed by atoms with Gasteiger partial charge in [0.1, 0.15) is 11.5 Å². The van der Waals surface area contributed by atoms with Gasteiger partial charge in [-0.05, 0) is 12.1 Å². The number of nitrogens with one attached hydrogen (secondary N) is 1. The molecular formula is C12H6Cl2F4N2O2. The molecule has 0 amide bonds. The molecule has 0 aliphatic carbocycles. The third-order valence-electron chi connectivity index (χ3n) is 2.72. The van der Waals surface area contributed by atoms with Gasteiger partial charge in [0.15, 0.2) is 0 Å². The second-order valence-electron chi connectivity index (χ2n) is 4.27. The van der Waals surface area contributed by atoms with E-state index in [9.17, 15) is 27.2 Å². The van der Waals surface area contributed by atoms with Crippen molar-refractivity contribution in [1.82, 2.24) is 9.55 Å². The number of H-pyrrole nitrogens is 1. The standard InChI is InChI=1S/C12H6Cl2F4N2O2/c13-6-1-5(10(15)7(14)2-6)4-20-9(21)3-8(12(16,17)18)19-11(20)22/h1-3H,4H2,(H,19,22). The van der Waals surface area contributed by atoms with E-state index in [0.717, 1.165) is 12.1 Å². The summed E-state index contributed by atoms with van der Waals surface area (Å²) in [6, 6.07) is 2.44. The van der Waals surface area contributed by atoms with Crippen molar-refractivity contribution in [2.24, 2.45) is 0 Å². The minimum atomic E-state index is -4.87. The van der Waals surface area contributed by atoms with Crippen molar-refractivity contribution < 1.29 is 17.6 Å². The van der Waals surface area contributed by atoms with E-state index in [1.807, 2.05) is 0 Å². The van der Waals surface area contributed by atoms with Gasteiger partial charge >= 0.3 is 11.9 Å². The van der Waals surface area contributed by atoms with Crippen LogP contribution in [-0.2, 0) is 12.7 Å². The van der Waals surface area contributed by atoms with Crippen LogP contribution in [0.3, 0.4) is 0 Å². The quantitative estimate of drug-likeness (QED) is 0.664. The summed E-state index contributed by atoms with van der Waals surface area (Å²) in [5.41, 5.74) is -4.24. The molecule has 2 rings (SSSR count). The van der Waals surface area contributed by atoms with Crippen molar-refractivity contribution >= 4 is 23.2 Å². The minimum Gasteiger partial charge on any atom is -0.303 e. The number of aromatic amines is 1. The largest absolute Gasteiger partial charge is 0.431 e. The molecule has 0 saturated heterocycles. The molecule has 4 nitrogen and oxygen atoms in total. The summed E-state index contributed by atoms with van der Waals surface area (Å²) >= 11 is 11.2. The molecule has 0 aliphatic rings. The highest BCUT2D eigenvalue weighted by Gasteiger charge is 2.33. The maximum atomic E-state index is 13.8. The topological polar surface area (TPSA) is 54.9 Å². The van der Waals surface area contributed by atoms with Crippen LogP contribution >= 0.6 is 23.2 Å². The Balaban J connectivity index is 2.53. The molecule has 1 heterocycles. The highest BCUT2D eigenvalue weighted by Crippen LogP contribution is 2.26. The highest BCUT2D eigenvalue weighted by molar-refractivity contribution is 6.34. The van der Waals surface area contributed by atoms with E-state index in [4.69, 9.17) is 23.2 Å². The zero-order chi connectivity index (χ0) is 16.7. The van der Waals surface area contributed by atoms with Crippen LogP contribution in [0.25, 0.3) is 0 Å². The SMILES string of the molecule is O=c1cc(C(F)(F)F)[nH]c(=O)n1Cc1cc(Cl)cc(Cl)c1F. The van der Waals surface area contributed by atoms with Crippen molar-refractivity contribution in [1.29, 1.82) is 0 Å². The van der Waals surface area contributed by atoms with Gasteiger partial charge in [0.05, 0.1) is 11.6 Å². The Bertz CT molecular complexity index is 811. The van der Waals surface area contributed by atoms with Crippen LogP contribution in [0.5, 0.6) is 0 Å². The zero-order valence-corrected chi connectivity index (χ0v) is 12.0. The maximum absolute atomic E-state index is 13.8. The molecule has 10 heteroatoms. The maximum Gasteiger partial charge on any atom is 0.431 e. The average molecular weight is 357 g/mol. The van der Waals surface area contributed by atoms with Crippen LogP contribution in [0.4, 0.5) is 17.6 Å². The molecule has 1 N–H and O–H groups in total. The molecule has 0 radical (unpaired) electrons.